The quantitative estimate of drug-likeness (QED) is 0.416. The van der Waals surface area contributed by atoms with Gasteiger partial charge in [-0.3, -0.25) is 0 Å². The lowest BCUT2D eigenvalue weighted by atomic mass is 9.94. The molecule has 0 aromatic carbocycles. The molecule has 0 amide bonds. The van der Waals surface area contributed by atoms with Crippen LogP contribution in [-0.4, -0.2) is 6.29 Å². The third-order valence-electron chi connectivity index (χ3n) is 2.62. The monoisotopic (exact) mass is 136 g/mol. The van der Waals surface area contributed by atoms with Gasteiger partial charge in [-0.25, -0.2) is 0 Å². The Labute approximate surface area is 61.8 Å². The van der Waals surface area contributed by atoms with E-state index in [1.807, 2.05) is 0 Å². The minimum atomic E-state index is -0.179. The smallest absolute Gasteiger partial charge is 0.127 e. The van der Waals surface area contributed by atoms with Gasteiger partial charge in [0.25, 0.3) is 0 Å². The Bertz CT molecular complexity index is 197. The van der Waals surface area contributed by atoms with E-state index in [-0.39, 0.29) is 10.8 Å². The van der Waals surface area contributed by atoms with Crippen molar-refractivity contribution in [3.05, 3.63) is 0 Å². The summed E-state index contributed by atoms with van der Waals surface area (Å²) in [5.74, 6) is 2.55. The van der Waals surface area contributed by atoms with Crippen LogP contribution in [0.1, 0.15) is 26.7 Å². The number of hydrogen-bond donors (Lipinski definition) is 0. The van der Waals surface area contributed by atoms with Crippen LogP contribution in [0.4, 0.5) is 0 Å². The molecule has 1 aliphatic carbocycles. The second kappa shape index (κ2) is 1.85. The highest BCUT2D eigenvalue weighted by molar-refractivity contribution is 5.67. The minimum Gasteiger partial charge on any atom is -0.303 e. The van der Waals surface area contributed by atoms with E-state index in [9.17, 15) is 4.79 Å². The van der Waals surface area contributed by atoms with E-state index in [1.54, 1.807) is 0 Å². The molecule has 1 saturated carbocycles. The van der Waals surface area contributed by atoms with Gasteiger partial charge in [-0.1, -0.05) is 13.8 Å². The Hall–Kier alpha value is -0.770. The van der Waals surface area contributed by atoms with Crippen molar-refractivity contribution in [3.63, 3.8) is 0 Å². The number of carbonyl (C=O) groups excluding carboxylic acids is 1. The Balaban J connectivity index is 2.70. The van der Waals surface area contributed by atoms with Gasteiger partial charge in [0.05, 0.1) is 0 Å². The molecule has 0 radical (unpaired) electrons. The van der Waals surface area contributed by atoms with Crippen LogP contribution < -0.4 is 0 Å². The summed E-state index contributed by atoms with van der Waals surface area (Å²) in [5.41, 5.74) is -0.0249. The van der Waals surface area contributed by atoms with Crippen molar-refractivity contribution >= 4 is 6.29 Å². The molecule has 0 aromatic rings. The zero-order valence-electron chi connectivity index (χ0n) is 6.48. The number of terminal acetylenes is 1. The molecule has 1 unspecified atom stereocenters. The fourth-order valence-electron chi connectivity index (χ4n) is 1.47. The zero-order chi connectivity index (χ0) is 7.83. The largest absolute Gasteiger partial charge is 0.303 e. The second-order valence-electron chi connectivity index (χ2n) is 3.72. The maximum Gasteiger partial charge on any atom is 0.127 e. The maximum atomic E-state index is 10.6. The number of aldehydes is 1. The summed E-state index contributed by atoms with van der Waals surface area (Å²) in [5, 5.41) is 0. The van der Waals surface area contributed by atoms with Gasteiger partial charge in [0.2, 0.25) is 0 Å². The van der Waals surface area contributed by atoms with Crippen molar-refractivity contribution in [3.8, 4) is 12.3 Å². The molecule has 0 aliphatic heterocycles. The molecule has 0 N–H and O–H groups in total. The SMILES string of the molecule is C#CCC1(C=O)CC1(C)C. The summed E-state index contributed by atoms with van der Waals surface area (Å²) in [4.78, 5) is 10.6. The zero-order valence-corrected chi connectivity index (χ0v) is 6.48. The van der Waals surface area contributed by atoms with Gasteiger partial charge in [-0.2, -0.15) is 0 Å². The van der Waals surface area contributed by atoms with Crippen molar-refractivity contribution < 1.29 is 4.79 Å². The average Bonchev–Trinajstić information content (AvgIpc) is 2.37. The van der Waals surface area contributed by atoms with Gasteiger partial charge in [0, 0.05) is 11.8 Å². The van der Waals surface area contributed by atoms with E-state index in [1.165, 1.54) is 0 Å². The molecule has 0 saturated heterocycles. The van der Waals surface area contributed by atoms with E-state index in [0.29, 0.717) is 6.42 Å². The van der Waals surface area contributed by atoms with Gasteiger partial charge in [0.15, 0.2) is 0 Å². The van der Waals surface area contributed by atoms with Crippen LogP contribution in [0, 0.1) is 23.2 Å². The first kappa shape index (κ1) is 7.34. The predicted molar refractivity (Wildman–Crippen MR) is 40.3 cm³/mol. The molecule has 1 fully saturated rings. The van der Waals surface area contributed by atoms with Crippen LogP contribution in [0.5, 0.6) is 0 Å². The van der Waals surface area contributed by atoms with Crippen LogP contribution in [-0.2, 0) is 4.79 Å². The van der Waals surface area contributed by atoms with Crippen molar-refractivity contribution in [2.45, 2.75) is 26.7 Å². The fourth-order valence-corrected chi connectivity index (χ4v) is 1.47. The highest BCUT2D eigenvalue weighted by Crippen LogP contribution is 2.63. The lowest BCUT2D eigenvalue weighted by Gasteiger charge is -2.07. The van der Waals surface area contributed by atoms with Gasteiger partial charge in [-0.15, -0.1) is 12.3 Å². The Morgan fingerprint density at radius 1 is 1.70 bits per heavy atom. The van der Waals surface area contributed by atoms with E-state index in [2.05, 4.69) is 19.8 Å². The molecule has 0 heterocycles. The van der Waals surface area contributed by atoms with E-state index < -0.39 is 0 Å². The lowest BCUT2D eigenvalue weighted by molar-refractivity contribution is -0.113. The summed E-state index contributed by atoms with van der Waals surface area (Å²) < 4.78 is 0. The molecule has 0 bridgehead atoms. The maximum absolute atomic E-state index is 10.6. The molecule has 1 atom stereocenters. The summed E-state index contributed by atoms with van der Waals surface area (Å²) in [6.45, 7) is 4.16. The molecule has 0 spiro atoms. The number of carbonyl (C=O) groups is 1. The van der Waals surface area contributed by atoms with E-state index in [0.717, 1.165) is 12.7 Å². The normalized spacial score (nSPS) is 34.5. The molecule has 1 aliphatic rings. The molecule has 1 nitrogen and oxygen atoms in total. The first-order valence-corrected chi connectivity index (χ1v) is 3.48. The van der Waals surface area contributed by atoms with E-state index in [4.69, 9.17) is 6.42 Å². The van der Waals surface area contributed by atoms with Crippen molar-refractivity contribution in [2.24, 2.45) is 10.8 Å². The van der Waals surface area contributed by atoms with Crippen LogP contribution in [0.3, 0.4) is 0 Å². The molecule has 10 heavy (non-hydrogen) atoms. The summed E-state index contributed by atoms with van der Waals surface area (Å²) >= 11 is 0. The summed E-state index contributed by atoms with van der Waals surface area (Å²) in [7, 11) is 0. The summed E-state index contributed by atoms with van der Waals surface area (Å²) in [6.07, 6.45) is 7.72. The molecule has 1 rings (SSSR count). The van der Waals surface area contributed by atoms with Gasteiger partial charge >= 0.3 is 0 Å². The third-order valence-corrected chi connectivity index (χ3v) is 2.62. The second-order valence-corrected chi connectivity index (χ2v) is 3.72. The number of hydrogen-bond acceptors (Lipinski definition) is 1. The topological polar surface area (TPSA) is 17.1 Å². The molecule has 1 heteroatoms. The number of rotatable bonds is 2. The highest BCUT2D eigenvalue weighted by Gasteiger charge is 2.60. The molecule has 0 aromatic heterocycles. The Kier molecular flexibility index (Phi) is 1.36. The summed E-state index contributed by atoms with van der Waals surface area (Å²) in [6, 6.07) is 0. The van der Waals surface area contributed by atoms with Crippen molar-refractivity contribution in [2.75, 3.05) is 0 Å². The van der Waals surface area contributed by atoms with Crippen LogP contribution in [0.2, 0.25) is 0 Å². The van der Waals surface area contributed by atoms with Gasteiger partial charge in [-0.05, 0) is 11.8 Å². The van der Waals surface area contributed by atoms with Gasteiger partial charge in [0.1, 0.15) is 6.29 Å². The van der Waals surface area contributed by atoms with Crippen molar-refractivity contribution in [1.82, 2.24) is 0 Å². The van der Waals surface area contributed by atoms with Crippen LogP contribution >= 0.6 is 0 Å². The fraction of sp³-hybridized carbons (Fsp3) is 0.667. The average molecular weight is 136 g/mol. The Morgan fingerprint density at radius 2 is 2.20 bits per heavy atom. The molecule has 54 valence electrons. The molecular weight excluding hydrogens is 124 g/mol. The lowest BCUT2D eigenvalue weighted by Crippen LogP contribution is -2.09. The predicted octanol–water partition coefficient (Wildman–Crippen LogP) is 1.62. The Morgan fingerprint density at radius 3 is 2.30 bits per heavy atom. The first-order chi connectivity index (χ1) is 4.58. The van der Waals surface area contributed by atoms with Crippen LogP contribution in [0.25, 0.3) is 0 Å². The van der Waals surface area contributed by atoms with E-state index >= 15 is 0 Å². The minimum absolute atomic E-state index is 0.154. The first-order valence-electron chi connectivity index (χ1n) is 3.48. The third kappa shape index (κ3) is 0.759. The van der Waals surface area contributed by atoms with Crippen molar-refractivity contribution in [1.29, 1.82) is 0 Å². The standard InChI is InChI=1S/C9H12O/c1-4-5-9(7-10)6-8(9,2)3/h1,7H,5-6H2,2-3H3. The molecular formula is C9H12O. The highest BCUT2D eigenvalue weighted by atomic mass is 16.1. The van der Waals surface area contributed by atoms with Crippen LogP contribution in [0.15, 0.2) is 0 Å². The van der Waals surface area contributed by atoms with Gasteiger partial charge < -0.3 is 4.79 Å².